The number of hydrogen-bond donors (Lipinski definition) is 2. The zero-order chi connectivity index (χ0) is 14.6. The molecule has 20 heavy (non-hydrogen) atoms. The minimum absolute atomic E-state index is 0.134. The number of benzene rings is 1. The molecule has 0 aromatic heterocycles. The van der Waals surface area contributed by atoms with Gasteiger partial charge in [0.05, 0.1) is 6.10 Å². The van der Waals surface area contributed by atoms with Gasteiger partial charge in [-0.3, -0.25) is 0 Å². The highest BCUT2D eigenvalue weighted by Gasteiger charge is 2.40. The van der Waals surface area contributed by atoms with Crippen molar-refractivity contribution in [3.8, 4) is 0 Å². The zero-order valence-electron chi connectivity index (χ0n) is 12.3. The molecule has 0 aliphatic heterocycles. The van der Waals surface area contributed by atoms with Crippen LogP contribution in [0.1, 0.15) is 57.1 Å². The summed E-state index contributed by atoms with van der Waals surface area (Å²) in [6.45, 7) is 2.82. The zero-order valence-corrected chi connectivity index (χ0v) is 13.9. The predicted octanol–water partition coefficient (Wildman–Crippen LogP) is 4.42. The summed E-state index contributed by atoms with van der Waals surface area (Å²) < 4.78 is 1.01. The van der Waals surface area contributed by atoms with Gasteiger partial charge in [0.2, 0.25) is 0 Å². The van der Waals surface area contributed by atoms with Crippen LogP contribution in [0.3, 0.4) is 0 Å². The van der Waals surface area contributed by atoms with Gasteiger partial charge in [-0.2, -0.15) is 0 Å². The first-order valence-electron chi connectivity index (χ1n) is 7.75. The van der Waals surface area contributed by atoms with Gasteiger partial charge in [0.25, 0.3) is 0 Å². The maximum atomic E-state index is 10.8. The number of hydrogen-bond acceptors (Lipinski definition) is 2. The third kappa shape index (κ3) is 3.44. The van der Waals surface area contributed by atoms with Crippen LogP contribution in [-0.2, 0) is 0 Å². The fourth-order valence-electron chi connectivity index (χ4n) is 3.57. The normalized spacial score (nSPS) is 28.3. The van der Waals surface area contributed by atoms with Crippen LogP contribution in [0.4, 0.5) is 0 Å². The fourth-order valence-corrected chi connectivity index (χ4v) is 3.99. The number of halogens is 1. The van der Waals surface area contributed by atoms with Crippen LogP contribution in [0.5, 0.6) is 0 Å². The third-order valence-electron chi connectivity index (χ3n) is 4.95. The largest absolute Gasteiger partial charge is 0.388 e. The first kappa shape index (κ1) is 16.0. The van der Waals surface area contributed by atoms with Gasteiger partial charge < -0.3 is 10.8 Å². The molecule has 1 fully saturated rings. The van der Waals surface area contributed by atoms with E-state index < -0.39 is 6.10 Å². The molecule has 3 heteroatoms. The fraction of sp³-hybridized carbons (Fsp3) is 0.647. The van der Waals surface area contributed by atoms with E-state index in [2.05, 4.69) is 22.9 Å². The molecule has 1 aromatic rings. The lowest BCUT2D eigenvalue weighted by atomic mass is 9.65. The second-order valence-electron chi connectivity index (χ2n) is 6.26. The second-order valence-corrected chi connectivity index (χ2v) is 7.17. The van der Waals surface area contributed by atoms with Crippen molar-refractivity contribution in [3.63, 3.8) is 0 Å². The van der Waals surface area contributed by atoms with E-state index in [1.54, 1.807) is 0 Å². The average Bonchev–Trinajstić information content (AvgIpc) is 2.48. The number of aliphatic hydroxyl groups is 1. The molecule has 0 saturated heterocycles. The summed E-state index contributed by atoms with van der Waals surface area (Å²) in [5.41, 5.74) is 6.91. The molecule has 1 unspecified atom stereocenters. The minimum Gasteiger partial charge on any atom is -0.388 e. The van der Waals surface area contributed by atoms with E-state index in [0.717, 1.165) is 28.8 Å². The van der Waals surface area contributed by atoms with E-state index >= 15 is 0 Å². The van der Waals surface area contributed by atoms with Gasteiger partial charge >= 0.3 is 0 Å². The van der Waals surface area contributed by atoms with Crippen LogP contribution in [0.25, 0.3) is 0 Å². The summed E-state index contributed by atoms with van der Waals surface area (Å²) in [4.78, 5) is 0. The topological polar surface area (TPSA) is 46.2 Å². The van der Waals surface area contributed by atoms with E-state index in [1.165, 1.54) is 25.7 Å². The lowest BCUT2D eigenvalue weighted by Crippen LogP contribution is -2.40. The monoisotopic (exact) mass is 339 g/mol. The molecular weight excluding hydrogens is 314 g/mol. The highest BCUT2D eigenvalue weighted by Crippen LogP contribution is 2.47. The van der Waals surface area contributed by atoms with Crippen molar-refractivity contribution in [1.29, 1.82) is 0 Å². The molecule has 2 nitrogen and oxygen atoms in total. The van der Waals surface area contributed by atoms with Gasteiger partial charge in [0, 0.05) is 16.4 Å². The summed E-state index contributed by atoms with van der Waals surface area (Å²) in [6, 6.07) is 7.99. The predicted molar refractivity (Wildman–Crippen MR) is 87.5 cm³/mol. The standard InChI is InChI=1S/C17H26BrNO/c1-2-4-13-7-9-17(12-19,10-8-13)16(20)14-5-3-6-15(18)11-14/h3,5-6,11,13,16,20H,2,4,7-10,12,19H2,1H3. The van der Waals surface area contributed by atoms with Gasteiger partial charge in [-0.05, 0) is 49.3 Å². The molecule has 1 aliphatic carbocycles. The Morgan fingerprint density at radius 3 is 2.65 bits per heavy atom. The van der Waals surface area contributed by atoms with E-state index in [0.29, 0.717) is 6.54 Å². The molecule has 0 spiro atoms. The van der Waals surface area contributed by atoms with Crippen LogP contribution < -0.4 is 5.73 Å². The molecular formula is C17H26BrNO. The Morgan fingerprint density at radius 1 is 1.40 bits per heavy atom. The summed E-state index contributed by atoms with van der Waals surface area (Å²) in [5.74, 6) is 0.828. The number of nitrogens with two attached hydrogens (primary N) is 1. The average molecular weight is 340 g/mol. The smallest absolute Gasteiger partial charge is 0.0858 e. The van der Waals surface area contributed by atoms with E-state index in [1.807, 2.05) is 24.3 Å². The van der Waals surface area contributed by atoms with E-state index in [9.17, 15) is 5.11 Å². The Labute approximate surface area is 130 Å². The summed E-state index contributed by atoms with van der Waals surface area (Å²) in [5, 5.41) is 10.8. The molecule has 112 valence electrons. The Hall–Kier alpha value is -0.380. The highest BCUT2D eigenvalue weighted by molar-refractivity contribution is 9.10. The molecule has 0 amide bonds. The highest BCUT2D eigenvalue weighted by atomic mass is 79.9. The molecule has 2 rings (SSSR count). The van der Waals surface area contributed by atoms with Crippen LogP contribution in [0, 0.1) is 11.3 Å². The van der Waals surface area contributed by atoms with Crippen molar-refractivity contribution in [1.82, 2.24) is 0 Å². The molecule has 1 saturated carbocycles. The molecule has 3 N–H and O–H groups in total. The number of rotatable bonds is 5. The molecule has 0 bridgehead atoms. The van der Waals surface area contributed by atoms with Gasteiger partial charge in [0.1, 0.15) is 0 Å². The Kier molecular flexibility index (Phi) is 5.65. The molecule has 1 atom stereocenters. The van der Waals surface area contributed by atoms with Crippen molar-refractivity contribution in [2.45, 2.75) is 51.6 Å². The van der Waals surface area contributed by atoms with Crippen molar-refractivity contribution in [3.05, 3.63) is 34.3 Å². The Balaban J connectivity index is 2.11. The number of aliphatic hydroxyl groups excluding tert-OH is 1. The summed E-state index contributed by atoms with van der Waals surface area (Å²) >= 11 is 3.48. The minimum atomic E-state index is -0.451. The van der Waals surface area contributed by atoms with E-state index in [4.69, 9.17) is 5.73 Å². The summed E-state index contributed by atoms with van der Waals surface area (Å²) in [7, 11) is 0. The van der Waals surface area contributed by atoms with Gasteiger partial charge in [-0.1, -0.05) is 47.8 Å². The van der Waals surface area contributed by atoms with Crippen molar-refractivity contribution in [2.24, 2.45) is 17.1 Å². The Bertz CT molecular complexity index is 427. The Morgan fingerprint density at radius 2 is 2.10 bits per heavy atom. The first-order chi connectivity index (χ1) is 9.61. The van der Waals surface area contributed by atoms with Gasteiger partial charge in [-0.25, -0.2) is 0 Å². The third-order valence-corrected chi connectivity index (χ3v) is 5.44. The van der Waals surface area contributed by atoms with Crippen LogP contribution in [0.2, 0.25) is 0 Å². The van der Waals surface area contributed by atoms with Crippen molar-refractivity contribution >= 4 is 15.9 Å². The van der Waals surface area contributed by atoms with Gasteiger partial charge in [0.15, 0.2) is 0 Å². The molecule has 0 radical (unpaired) electrons. The second kappa shape index (κ2) is 7.06. The van der Waals surface area contributed by atoms with Gasteiger partial charge in [-0.15, -0.1) is 0 Å². The van der Waals surface area contributed by atoms with Crippen LogP contribution >= 0.6 is 15.9 Å². The molecule has 0 heterocycles. The van der Waals surface area contributed by atoms with Crippen molar-refractivity contribution < 1.29 is 5.11 Å². The maximum absolute atomic E-state index is 10.8. The lowest BCUT2D eigenvalue weighted by molar-refractivity contribution is -0.0108. The quantitative estimate of drug-likeness (QED) is 0.834. The molecule has 1 aliphatic rings. The maximum Gasteiger partial charge on any atom is 0.0858 e. The van der Waals surface area contributed by atoms with E-state index in [-0.39, 0.29) is 5.41 Å². The van der Waals surface area contributed by atoms with Crippen LogP contribution in [-0.4, -0.2) is 11.7 Å². The van der Waals surface area contributed by atoms with Crippen molar-refractivity contribution in [2.75, 3.05) is 6.54 Å². The van der Waals surface area contributed by atoms with Crippen LogP contribution in [0.15, 0.2) is 28.7 Å². The molecule has 1 aromatic carbocycles. The first-order valence-corrected chi connectivity index (χ1v) is 8.54. The SMILES string of the molecule is CCCC1CCC(CN)(C(O)c2cccc(Br)c2)CC1. The summed E-state index contributed by atoms with van der Waals surface area (Å²) in [6.07, 6.45) is 6.62. The lowest BCUT2D eigenvalue weighted by Gasteiger charge is -2.43.